The quantitative estimate of drug-likeness (QED) is 0.829. The topological polar surface area (TPSA) is 79.3 Å². The molecule has 0 saturated heterocycles. The number of nitrogens with zero attached hydrogens (tertiary/aromatic N) is 1. The Morgan fingerprint density at radius 2 is 2.26 bits per heavy atom. The lowest BCUT2D eigenvalue weighted by Crippen LogP contribution is -2.22. The molecule has 1 amide bonds. The Morgan fingerprint density at radius 3 is 2.95 bits per heavy atom. The number of carbonyl (C=O) groups excluding carboxylic acids is 1. The Morgan fingerprint density at radius 1 is 1.42 bits per heavy atom. The average molecular weight is 294 g/mol. The SMILES string of the molecule is O=C(O)C=Cc1cc(C(=O)NCc2nccs2)cs1. The van der Waals surface area contributed by atoms with E-state index in [1.807, 2.05) is 5.38 Å². The lowest BCUT2D eigenvalue weighted by atomic mass is 10.3. The standard InChI is InChI=1S/C12H10N2O3S2/c15-11(16)2-1-9-5-8(7-19-9)12(17)14-6-10-13-3-4-18-10/h1-5,7H,6H2,(H,14,17)(H,15,16). The maximum Gasteiger partial charge on any atom is 0.328 e. The lowest BCUT2D eigenvalue weighted by molar-refractivity contribution is -0.131. The summed E-state index contributed by atoms with van der Waals surface area (Å²) in [4.78, 5) is 27.0. The second kappa shape index (κ2) is 6.26. The number of thiophene rings is 1. The van der Waals surface area contributed by atoms with E-state index < -0.39 is 5.97 Å². The summed E-state index contributed by atoms with van der Waals surface area (Å²) in [5, 5.41) is 15.7. The minimum atomic E-state index is -1.01. The molecule has 2 aromatic rings. The van der Waals surface area contributed by atoms with Crippen LogP contribution in [0.15, 0.2) is 29.1 Å². The number of thiazole rings is 1. The third kappa shape index (κ3) is 4.01. The summed E-state index contributed by atoms with van der Waals surface area (Å²) < 4.78 is 0. The first kappa shape index (κ1) is 13.4. The normalized spacial score (nSPS) is 10.7. The van der Waals surface area contributed by atoms with Crippen molar-refractivity contribution in [2.45, 2.75) is 6.54 Å². The molecule has 0 atom stereocenters. The number of hydrogen-bond donors (Lipinski definition) is 2. The van der Waals surface area contributed by atoms with Crippen LogP contribution >= 0.6 is 22.7 Å². The molecule has 0 bridgehead atoms. The van der Waals surface area contributed by atoms with Gasteiger partial charge in [0.25, 0.3) is 5.91 Å². The molecule has 0 spiro atoms. The maximum absolute atomic E-state index is 11.8. The number of amides is 1. The Hall–Kier alpha value is -1.99. The van der Waals surface area contributed by atoms with E-state index in [0.29, 0.717) is 12.1 Å². The summed E-state index contributed by atoms with van der Waals surface area (Å²) >= 11 is 2.80. The first-order chi connectivity index (χ1) is 9.15. The molecule has 2 rings (SSSR count). The molecule has 0 radical (unpaired) electrons. The van der Waals surface area contributed by atoms with Gasteiger partial charge in [-0.05, 0) is 12.1 Å². The van der Waals surface area contributed by atoms with E-state index in [1.165, 1.54) is 28.7 Å². The van der Waals surface area contributed by atoms with Crippen LogP contribution in [0.2, 0.25) is 0 Å². The van der Waals surface area contributed by atoms with E-state index in [-0.39, 0.29) is 5.91 Å². The number of hydrogen-bond acceptors (Lipinski definition) is 5. The van der Waals surface area contributed by atoms with Crippen molar-refractivity contribution in [2.75, 3.05) is 0 Å². The zero-order valence-corrected chi connectivity index (χ0v) is 11.3. The van der Waals surface area contributed by atoms with Gasteiger partial charge in [0.05, 0.1) is 12.1 Å². The van der Waals surface area contributed by atoms with Crippen molar-refractivity contribution in [1.82, 2.24) is 10.3 Å². The second-order valence-corrected chi connectivity index (χ2v) is 5.44. The highest BCUT2D eigenvalue weighted by Gasteiger charge is 2.08. The zero-order chi connectivity index (χ0) is 13.7. The van der Waals surface area contributed by atoms with Crippen LogP contribution in [0.5, 0.6) is 0 Å². The highest BCUT2D eigenvalue weighted by Crippen LogP contribution is 2.16. The summed E-state index contributed by atoms with van der Waals surface area (Å²) in [5.74, 6) is -1.20. The summed E-state index contributed by atoms with van der Waals surface area (Å²) in [6.07, 6.45) is 4.19. The number of carbonyl (C=O) groups is 2. The van der Waals surface area contributed by atoms with E-state index in [9.17, 15) is 9.59 Å². The van der Waals surface area contributed by atoms with Gasteiger partial charge in [-0.3, -0.25) is 4.79 Å². The highest BCUT2D eigenvalue weighted by molar-refractivity contribution is 7.11. The van der Waals surface area contributed by atoms with Crippen molar-refractivity contribution in [3.8, 4) is 0 Å². The Balaban J connectivity index is 1.94. The van der Waals surface area contributed by atoms with Crippen LogP contribution in [0.3, 0.4) is 0 Å². The predicted molar refractivity (Wildman–Crippen MR) is 74.3 cm³/mol. The van der Waals surface area contributed by atoms with Gasteiger partial charge >= 0.3 is 5.97 Å². The van der Waals surface area contributed by atoms with Gasteiger partial charge in [-0.1, -0.05) is 0 Å². The number of carboxylic acid groups (broad SMARTS) is 1. The molecule has 19 heavy (non-hydrogen) atoms. The molecule has 2 heterocycles. The monoisotopic (exact) mass is 294 g/mol. The van der Waals surface area contributed by atoms with Gasteiger partial charge in [0.15, 0.2) is 0 Å². The fourth-order valence-electron chi connectivity index (χ4n) is 1.31. The molecule has 2 N–H and O–H groups in total. The fourth-order valence-corrected chi connectivity index (χ4v) is 2.65. The van der Waals surface area contributed by atoms with Crippen LogP contribution in [0.1, 0.15) is 20.2 Å². The van der Waals surface area contributed by atoms with Crippen molar-refractivity contribution >= 4 is 40.6 Å². The van der Waals surface area contributed by atoms with Crippen LogP contribution in [0, 0.1) is 0 Å². The molecule has 0 aromatic carbocycles. The van der Waals surface area contributed by atoms with E-state index >= 15 is 0 Å². The van der Waals surface area contributed by atoms with Gasteiger partial charge in [0.2, 0.25) is 0 Å². The number of rotatable bonds is 5. The first-order valence-corrected chi connectivity index (χ1v) is 7.07. The highest BCUT2D eigenvalue weighted by atomic mass is 32.1. The van der Waals surface area contributed by atoms with E-state index in [2.05, 4.69) is 10.3 Å². The molecule has 0 aliphatic carbocycles. The molecule has 0 aliphatic rings. The van der Waals surface area contributed by atoms with Crippen LogP contribution in [-0.4, -0.2) is 22.0 Å². The van der Waals surface area contributed by atoms with Crippen molar-refractivity contribution < 1.29 is 14.7 Å². The third-order valence-electron chi connectivity index (χ3n) is 2.16. The smallest absolute Gasteiger partial charge is 0.328 e. The third-order valence-corrected chi connectivity index (χ3v) is 3.83. The molecule has 7 heteroatoms. The molecular weight excluding hydrogens is 284 g/mol. The predicted octanol–water partition coefficient (Wildman–Crippen LogP) is 2.23. The van der Waals surface area contributed by atoms with Crippen LogP contribution in [0.25, 0.3) is 6.08 Å². The molecule has 0 fully saturated rings. The maximum atomic E-state index is 11.8. The van der Waals surface area contributed by atoms with Crippen molar-refractivity contribution in [2.24, 2.45) is 0 Å². The second-order valence-electron chi connectivity index (χ2n) is 3.52. The van der Waals surface area contributed by atoms with Gasteiger partial charge in [-0.15, -0.1) is 22.7 Å². The fraction of sp³-hybridized carbons (Fsp3) is 0.0833. The van der Waals surface area contributed by atoms with Crippen LogP contribution in [-0.2, 0) is 11.3 Å². The van der Waals surface area contributed by atoms with Crippen molar-refractivity contribution in [3.63, 3.8) is 0 Å². The zero-order valence-electron chi connectivity index (χ0n) is 9.70. The largest absolute Gasteiger partial charge is 0.478 e. The van der Waals surface area contributed by atoms with Gasteiger partial charge in [-0.2, -0.15) is 0 Å². The molecule has 2 aromatic heterocycles. The average Bonchev–Trinajstić information content (AvgIpc) is 3.04. The van der Waals surface area contributed by atoms with Crippen molar-refractivity contribution in [1.29, 1.82) is 0 Å². The summed E-state index contributed by atoms with van der Waals surface area (Å²) in [5.41, 5.74) is 0.520. The number of aromatic nitrogens is 1. The Bertz CT molecular complexity index is 602. The molecule has 5 nitrogen and oxygen atoms in total. The Labute approximate surface area is 117 Å². The minimum absolute atomic E-state index is 0.193. The summed E-state index contributed by atoms with van der Waals surface area (Å²) in [7, 11) is 0. The minimum Gasteiger partial charge on any atom is -0.478 e. The molecular formula is C12H10N2O3S2. The van der Waals surface area contributed by atoms with E-state index in [1.54, 1.807) is 17.6 Å². The molecule has 0 saturated carbocycles. The van der Waals surface area contributed by atoms with E-state index in [0.717, 1.165) is 16.0 Å². The van der Waals surface area contributed by atoms with Gasteiger partial charge in [0.1, 0.15) is 5.01 Å². The first-order valence-electron chi connectivity index (χ1n) is 5.31. The summed E-state index contributed by atoms with van der Waals surface area (Å²) in [6.45, 7) is 0.395. The van der Waals surface area contributed by atoms with Crippen molar-refractivity contribution in [3.05, 3.63) is 44.5 Å². The molecule has 98 valence electrons. The summed E-state index contributed by atoms with van der Waals surface area (Å²) in [6, 6.07) is 1.65. The van der Waals surface area contributed by atoms with Gasteiger partial charge < -0.3 is 10.4 Å². The van der Waals surface area contributed by atoms with Gasteiger partial charge in [0, 0.05) is 27.9 Å². The molecule has 0 unspecified atom stereocenters. The van der Waals surface area contributed by atoms with Crippen LogP contribution < -0.4 is 5.32 Å². The number of carboxylic acids is 1. The Kier molecular flexibility index (Phi) is 4.43. The molecule has 0 aliphatic heterocycles. The van der Waals surface area contributed by atoms with E-state index in [4.69, 9.17) is 5.11 Å². The van der Waals surface area contributed by atoms with Crippen LogP contribution in [0.4, 0.5) is 0 Å². The van der Waals surface area contributed by atoms with Gasteiger partial charge in [-0.25, -0.2) is 9.78 Å². The number of nitrogens with one attached hydrogen (secondary N) is 1. The lowest BCUT2D eigenvalue weighted by Gasteiger charge is -1.99. The number of aliphatic carboxylic acids is 1.